The number of hydrogen-bond acceptors (Lipinski definition) is 3. The molecular weight excluding hydrogens is 316 g/mol. The van der Waals surface area contributed by atoms with Gasteiger partial charge in [-0.2, -0.15) is 0 Å². The highest BCUT2D eigenvalue weighted by Crippen LogP contribution is 2.36. The fourth-order valence-corrected chi connectivity index (χ4v) is 2.86. The van der Waals surface area contributed by atoms with Crippen molar-refractivity contribution in [2.24, 2.45) is 0 Å². The number of amides is 1. The molecule has 0 unspecified atom stereocenters. The summed E-state index contributed by atoms with van der Waals surface area (Å²) in [6, 6.07) is 8.09. The van der Waals surface area contributed by atoms with Crippen LogP contribution in [-0.2, 0) is 4.74 Å². The van der Waals surface area contributed by atoms with E-state index in [4.69, 9.17) is 4.74 Å². The molecule has 1 N–H and O–H groups in total. The summed E-state index contributed by atoms with van der Waals surface area (Å²) >= 11 is 0. The first-order valence-corrected chi connectivity index (χ1v) is 8.18. The molecule has 24 heavy (non-hydrogen) atoms. The Morgan fingerprint density at radius 3 is 2.58 bits per heavy atom. The van der Waals surface area contributed by atoms with Crippen LogP contribution in [0.2, 0.25) is 0 Å². The van der Waals surface area contributed by atoms with E-state index in [0.717, 1.165) is 0 Å². The van der Waals surface area contributed by atoms with Crippen molar-refractivity contribution in [3.63, 3.8) is 0 Å². The van der Waals surface area contributed by atoms with Crippen LogP contribution in [0, 0.1) is 0 Å². The summed E-state index contributed by atoms with van der Waals surface area (Å²) in [7, 11) is 0. The second-order valence-electron chi connectivity index (χ2n) is 7.30. The van der Waals surface area contributed by atoms with Gasteiger partial charge in [0.15, 0.2) is 0 Å². The lowest BCUT2D eigenvalue weighted by molar-refractivity contribution is -0.0864. The van der Waals surface area contributed by atoms with E-state index in [0.29, 0.717) is 5.56 Å². The summed E-state index contributed by atoms with van der Waals surface area (Å²) < 4.78 is 33.0. The summed E-state index contributed by atoms with van der Waals surface area (Å²) in [5.74, 6) is -2.83. The molecule has 0 spiro atoms. The number of alkyl halides is 2. The van der Waals surface area contributed by atoms with Gasteiger partial charge in [-0.05, 0) is 32.8 Å². The van der Waals surface area contributed by atoms with Crippen molar-refractivity contribution >= 4 is 6.09 Å². The van der Waals surface area contributed by atoms with Gasteiger partial charge in [-0.1, -0.05) is 30.3 Å². The summed E-state index contributed by atoms with van der Waals surface area (Å²) in [5, 5.41) is 10.4. The molecule has 0 saturated carbocycles. The second-order valence-corrected chi connectivity index (χ2v) is 7.30. The molecule has 1 fully saturated rings. The maximum Gasteiger partial charge on any atom is 0.410 e. The Morgan fingerprint density at radius 2 is 2.00 bits per heavy atom. The van der Waals surface area contributed by atoms with Crippen molar-refractivity contribution < 1.29 is 23.4 Å². The van der Waals surface area contributed by atoms with Gasteiger partial charge in [0.05, 0.1) is 6.10 Å². The highest BCUT2D eigenvalue weighted by molar-refractivity contribution is 5.68. The molecular formula is C18H25F2NO3. The monoisotopic (exact) mass is 341 g/mol. The summed E-state index contributed by atoms with van der Waals surface area (Å²) in [5.41, 5.74) is -0.0462. The van der Waals surface area contributed by atoms with Crippen LogP contribution in [0.3, 0.4) is 0 Å². The third kappa shape index (κ3) is 5.16. The van der Waals surface area contributed by atoms with Gasteiger partial charge in [0.1, 0.15) is 5.60 Å². The Kier molecular flexibility index (Phi) is 5.48. The molecule has 134 valence electrons. The lowest BCUT2D eigenvalue weighted by atomic mass is 9.92. The molecule has 6 heteroatoms. The van der Waals surface area contributed by atoms with E-state index in [-0.39, 0.29) is 19.4 Å². The fraction of sp³-hybridized carbons (Fsp3) is 0.611. The maximum atomic E-state index is 13.8. The molecule has 1 aromatic carbocycles. The SMILES string of the molecule is CC(C)(C)OC(=O)N1CCC(F)(F)C[C@@H]1C[C@H](O)c1ccccc1. The molecule has 2 rings (SSSR count). The summed E-state index contributed by atoms with van der Waals surface area (Å²) in [4.78, 5) is 13.7. The van der Waals surface area contributed by atoms with Gasteiger partial charge in [-0.25, -0.2) is 13.6 Å². The first-order chi connectivity index (χ1) is 11.1. The highest BCUT2D eigenvalue weighted by Gasteiger charge is 2.43. The lowest BCUT2D eigenvalue weighted by Gasteiger charge is -2.40. The molecule has 4 nitrogen and oxygen atoms in total. The first kappa shape index (κ1) is 18.6. The van der Waals surface area contributed by atoms with Crippen molar-refractivity contribution in [2.45, 2.75) is 63.7 Å². The third-order valence-corrected chi connectivity index (χ3v) is 4.00. The van der Waals surface area contributed by atoms with Crippen molar-refractivity contribution in [3.05, 3.63) is 35.9 Å². The lowest BCUT2D eigenvalue weighted by Crippen LogP contribution is -2.51. The average molecular weight is 341 g/mol. The van der Waals surface area contributed by atoms with Gasteiger partial charge < -0.3 is 14.7 Å². The molecule has 0 aliphatic carbocycles. The highest BCUT2D eigenvalue weighted by atomic mass is 19.3. The van der Waals surface area contributed by atoms with E-state index in [1.807, 2.05) is 6.07 Å². The number of rotatable bonds is 3. The number of benzene rings is 1. The average Bonchev–Trinajstić information content (AvgIpc) is 2.45. The van der Waals surface area contributed by atoms with Gasteiger partial charge in [0.2, 0.25) is 0 Å². The zero-order valence-corrected chi connectivity index (χ0v) is 14.3. The number of carbonyl (C=O) groups is 1. The standard InChI is InChI=1S/C18H25F2NO3/c1-17(2,3)24-16(23)21-10-9-18(19,20)12-14(21)11-15(22)13-7-5-4-6-8-13/h4-8,14-15,22H,9-12H2,1-3H3/t14-,15-/m0/s1. The van der Waals surface area contributed by atoms with Crippen molar-refractivity contribution in [1.29, 1.82) is 0 Å². The topological polar surface area (TPSA) is 49.8 Å². The third-order valence-electron chi connectivity index (χ3n) is 4.00. The molecule has 1 amide bonds. The second kappa shape index (κ2) is 7.05. The van der Waals surface area contributed by atoms with Crippen LogP contribution in [-0.4, -0.2) is 40.2 Å². The van der Waals surface area contributed by atoms with E-state index in [2.05, 4.69) is 0 Å². The summed E-state index contributed by atoms with van der Waals surface area (Å²) in [6.07, 6.45) is -2.31. The molecule has 0 radical (unpaired) electrons. The molecule has 0 bridgehead atoms. The maximum absolute atomic E-state index is 13.8. The van der Waals surface area contributed by atoms with Crippen LogP contribution < -0.4 is 0 Å². The van der Waals surface area contributed by atoms with Gasteiger partial charge in [-0.15, -0.1) is 0 Å². The quantitative estimate of drug-likeness (QED) is 0.899. The van der Waals surface area contributed by atoms with E-state index in [9.17, 15) is 18.7 Å². The smallest absolute Gasteiger partial charge is 0.410 e. The van der Waals surface area contributed by atoms with Gasteiger partial charge in [-0.3, -0.25) is 0 Å². The number of carbonyl (C=O) groups excluding carboxylic acids is 1. The van der Waals surface area contributed by atoms with Crippen molar-refractivity contribution in [1.82, 2.24) is 4.90 Å². The first-order valence-electron chi connectivity index (χ1n) is 8.18. The van der Waals surface area contributed by atoms with E-state index in [1.165, 1.54) is 4.90 Å². The van der Waals surface area contributed by atoms with Crippen LogP contribution in [0.4, 0.5) is 13.6 Å². The minimum absolute atomic E-state index is 0.0544. The zero-order valence-electron chi connectivity index (χ0n) is 14.3. The predicted molar refractivity (Wildman–Crippen MR) is 86.9 cm³/mol. The molecule has 2 atom stereocenters. The summed E-state index contributed by atoms with van der Waals surface area (Å²) in [6.45, 7) is 5.12. The number of ether oxygens (including phenoxy) is 1. The molecule has 1 aromatic rings. The molecule has 1 aliphatic heterocycles. The van der Waals surface area contributed by atoms with Crippen LogP contribution in [0.5, 0.6) is 0 Å². The Bertz CT molecular complexity index is 557. The van der Waals surface area contributed by atoms with Crippen molar-refractivity contribution in [2.75, 3.05) is 6.54 Å². The Labute approximate surface area is 141 Å². The van der Waals surface area contributed by atoms with Crippen LogP contribution in [0.15, 0.2) is 30.3 Å². The number of nitrogens with zero attached hydrogens (tertiary/aromatic N) is 1. The van der Waals surface area contributed by atoms with Crippen molar-refractivity contribution in [3.8, 4) is 0 Å². The zero-order chi connectivity index (χ0) is 18.0. The molecule has 1 aliphatic rings. The van der Waals surface area contributed by atoms with E-state index in [1.54, 1.807) is 45.0 Å². The van der Waals surface area contributed by atoms with Gasteiger partial charge in [0, 0.05) is 25.4 Å². The molecule has 1 saturated heterocycles. The normalized spacial score (nSPS) is 22.1. The number of aliphatic hydroxyl groups is 1. The Balaban J connectivity index is 2.12. The van der Waals surface area contributed by atoms with E-state index >= 15 is 0 Å². The van der Waals surface area contributed by atoms with Crippen LogP contribution in [0.1, 0.15) is 51.7 Å². The minimum Gasteiger partial charge on any atom is -0.444 e. The van der Waals surface area contributed by atoms with Crippen LogP contribution >= 0.6 is 0 Å². The van der Waals surface area contributed by atoms with Gasteiger partial charge >= 0.3 is 6.09 Å². The number of likely N-dealkylation sites (tertiary alicyclic amines) is 1. The Morgan fingerprint density at radius 1 is 1.38 bits per heavy atom. The largest absolute Gasteiger partial charge is 0.444 e. The number of halogens is 2. The van der Waals surface area contributed by atoms with E-state index < -0.39 is 36.2 Å². The fourth-order valence-electron chi connectivity index (χ4n) is 2.86. The Hall–Kier alpha value is -1.69. The van der Waals surface area contributed by atoms with Gasteiger partial charge in [0.25, 0.3) is 5.92 Å². The number of aliphatic hydroxyl groups excluding tert-OH is 1. The van der Waals surface area contributed by atoms with Crippen LogP contribution in [0.25, 0.3) is 0 Å². The predicted octanol–water partition coefficient (Wildman–Crippen LogP) is 4.14. The molecule has 1 heterocycles. The minimum atomic E-state index is -2.83. The number of hydrogen-bond donors (Lipinski definition) is 1. The number of piperidine rings is 1. The molecule has 0 aromatic heterocycles.